The van der Waals surface area contributed by atoms with Gasteiger partial charge in [-0.25, -0.2) is 15.0 Å². The zero-order chi connectivity index (χ0) is 15.5. The molecule has 112 valence electrons. The summed E-state index contributed by atoms with van der Waals surface area (Å²) >= 11 is 3.63. The molecule has 0 spiro atoms. The Morgan fingerprint density at radius 3 is 2.52 bits per heavy atom. The lowest BCUT2D eigenvalue weighted by molar-refractivity contribution is 0.564. The minimum Gasteiger partial charge on any atom is -0.369 e. The summed E-state index contributed by atoms with van der Waals surface area (Å²) in [5.74, 6) is 1.40. The Bertz CT molecular complexity index is 607. The number of nitrogens with one attached hydrogen (secondary N) is 1. The van der Waals surface area contributed by atoms with Gasteiger partial charge in [0.05, 0.1) is 16.4 Å². The molecule has 2 aromatic heterocycles. The van der Waals surface area contributed by atoms with Gasteiger partial charge in [-0.1, -0.05) is 27.7 Å². The van der Waals surface area contributed by atoms with Crippen molar-refractivity contribution >= 4 is 21.7 Å². The standard InChI is InChI=1S/C15H20BrN5/c1-5-6-19-14-11(16)12(15(2,3)4)20-13(21-14)10-9-17-7-8-18-10/h7-9H,5-6H2,1-4H3,(H,19,20,21). The molecule has 2 aromatic rings. The number of aromatic nitrogens is 4. The summed E-state index contributed by atoms with van der Waals surface area (Å²) < 4.78 is 0.913. The fourth-order valence-corrected chi connectivity index (χ4v) is 2.75. The van der Waals surface area contributed by atoms with Crippen LogP contribution in [0.3, 0.4) is 0 Å². The summed E-state index contributed by atoms with van der Waals surface area (Å²) in [4.78, 5) is 17.6. The van der Waals surface area contributed by atoms with Gasteiger partial charge in [-0.3, -0.25) is 4.98 Å². The monoisotopic (exact) mass is 349 g/mol. The molecule has 0 aliphatic heterocycles. The highest BCUT2D eigenvalue weighted by atomic mass is 79.9. The Morgan fingerprint density at radius 1 is 1.19 bits per heavy atom. The first-order chi connectivity index (χ1) is 9.93. The molecule has 0 radical (unpaired) electrons. The number of nitrogens with zero attached hydrogens (tertiary/aromatic N) is 4. The topological polar surface area (TPSA) is 63.6 Å². The maximum Gasteiger partial charge on any atom is 0.182 e. The summed E-state index contributed by atoms with van der Waals surface area (Å²) in [6.07, 6.45) is 6.00. The van der Waals surface area contributed by atoms with Crippen molar-refractivity contribution in [3.63, 3.8) is 0 Å². The van der Waals surface area contributed by atoms with E-state index < -0.39 is 0 Å². The van der Waals surface area contributed by atoms with Crippen molar-refractivity contribution in [2.45, 2.75) is 39.5 Å². The van der Waals surface area contributed by atoms with E-state index in [9.17, 15) is 0 Å². The highest BCUT2D eigenvalue weighted by molar-refractivity contribution is 9.10. The number of halogens is 1. The molecule has 0 aliphatic carbocycles. The van der Waals surface area contributed by atoms with Crippen LogP contribution in [0.25, 0.3) is 11.5 Å². The average Bonchev–Trinajstić information content (AvgIpc) is 2.46. The predicted octanol–water partition coefficient (Wildman–Crippen LogP) is 3.82. The number of rotatable bonds is 4. The minimum absolute atomic E-state index is 0.0959. The van der Waals surface area contributed by atoms with Crippen LogP contribution in [0.1, 0.15) is 39.8 Å². The molecule has 1 N–H and O–H groups in total. The lowest BCUT2D eigenvalue weighted by Crippen LogP contribution is -2.18. The molecular weight excluding hydrogens is 330 g/mol. The van der Waals surface area contributed by atoms with Gasteiger partial charge in [0.1, 0.15) is 11.5 Å². The van der Waals surface area contributed by atoms with Crippen molar-refractivity contribution in [2.75, 3.05) is 11.9 Å². The van der Waals surface area contributed by atoms with E-state index in [1.807, 2.05) is 0 Å². The van der Waals surface area contributed by atoms with Crippen molar-refractivity contribution in [1.82, 2.24) is 19.9 Å². The van der Waals surface area contributed by atoms with Crippen molar-refractivity contribution in [3.05, 3.63) is 28.8 Å². The van der Waals surface area contributed by atoms with Gasteiger partial charge in [-0.15, -0.1) is 0 Å². The largest absolute Gasteiger partial charge is 0.369 e. The van der Waals surface area contributed by atoms with E-state index in [2.05, 4.69) is 68.9 Å². The first-order valence-corrected chi connectivity index (χ1v) is 7.81. The summed E-state index contributed by atoms with van der Waals surface area (Å²) in [6.45, 7) is 9.37. The summed E-state index contributed by atoms with van der Waals surface area (Å²) in [7, 11) is 0. The SMILES string of the molecule is CCCNc1nc(-c2cnccn2)nc(C(C)(C)C)c1Br. The molecule has 21 heavy (non-hydrogen) atoms. The summed E-state index contributed by atoms with van der Waals surface area (Å²) in [6, 6.07) is 0. The Morgan fingerprint density at radius 2 is 1.95 bits per heavy atom. The van der Waals surface area contributed by atoms with E-state index in [1.54, 1.807) is 18.6 Å². The average molecular weight is 350 g/mol. The third-order valence-electron chi connectivity index (χ3n) is 2.90. The second-order valence-electron chi connectivity index (χ2n) is 5.83. The van der Waals surface area contributed by atoms with Crippen LogP contribution < -0.4 is 5.32 Å². The fourth-order valence-electron chi connectivity index (χ4n) is 1.83. The van der Waals surface area contributed by atoms with Gasteiger partial charge >= 0.3 is 0 Å². The number of hydrogen-bond donors (Lipinski definition) is 1. The highest BCUT2D eigenvalue weighted by Gasteiger charge is 2.23. The highest BCUT2D eigenvalue weighted by Crippen LogP contribution is 2.33. The molecule has 6 heteroatoms. The number of anilines is 1. The van der Waals surface area contributed by atoms with Crippen molar-refractivity contribution in [1.29, 1.82) is 0 Å². The second-order valence-corrected chi connectivity index (χ2v) is 6.62. The minimum atomic E-state index is -0.0959. The molecular formula is C15H20BrN5. The first kappa shape index (κ1) is 15.8. The smallest absolute Gasteiger partial charge is 0.182 e. The van der Waals surface area contributed by atoms with E-state index in [4.69, 9.17) is 0 Å². The van der Waals surface area contributed by atoms with Crippen LogP contribution in [0.4, 0.5) is 5.82 Å². The molecule has 0 saturated heterocycles. The van der Waals surface area contributed by atoms with E-state index in [1.165, 1.54) is 0 Å². The first-order valence-electron chi connectivity index (χ1n) is 7.01. The maximum absolute atomic E-state index is 4.68. The van der Waals surface area contributed by atoms with Crippen molar-refractivity contribution in [3.8, 4) is 11.5 Å². The zero-order valence-electron chi connectivity index (χ0n) is 12.8. The Balaban J connectivity index is 2.56. The summed E-state index contributed by atoms with van der Waals surface area (Å²) in [5.41, 5.74) is 1.54. The molecule has 0 atom stereocenters. The van der Waals surface area contributed by atoms with Gasteiger partial charge in [0, 0.05) is 24.4 Å². The third kappa shape index (κ3) is 3.75. The molecule has 5 nitrogen and oxygen atoms in total. The van der Waals surface area contributed by atoms with Crippen LogP contribution in [0.15, 0.2) is 23.1 Å². The van der Waals surface area contributed by atoms with E-state index in [-0.39, 0.29) is 5.41 Å². The van der Waals surface area contributed by atoms with E-state index >= 15 is 0 Å². The molecule has 0 saturated carbocycles. The quantitative estimate of drug-likeness (QED) is 0.908. The molecule has 0 fully saturated rings. The summed E-state index contributed by atoms with van der Waals surface area (Å²) in [5, 5.41) is 3.34. The Labute approximate surface area is 133 Å². The van der Waals surface area contributed by atoms with E-state index in [0.29, 0.717) is 11.5 Å². The van der Waals surface area contributed by atoms with Crippen LogP contribution in [-0.4, -0.2) is 26.5 Å². The normalized spacial score (nSPS) is 11.5. The molecule has 0 bridgehead atoms. The molecule has 0 unspecified atom stereocenters. The lowest BCUT2D eigenvalue weighted by Gasteiger charge is -2.22. The van der Waals surface area contributed by atoms with Crippen LogP contribution >= 0.6 is 15.9 Å². The van der Waals surface area contributed by atoms with Gasteiger partial charge in [-0.05, 0) is 22.4 Å². The molecule has 2 rings (SSSR count). The van der Waals surface area contributed by atoms with Crippen LogP contribution in [0.5, 0.6) is 0 Å². The zero-order valence-corrected chi connectivity index (χ0v) is 14.4. The van der Waals surface area contributed by atoms with Crippen LogP contribution in [0, 0.1) is 0 Å². The van der Waals surface area contributed by atoms with Gasteiger partial charge in [-0.2, -0.15) is 0 Å². The molecule has 0 amide bonds. The predicted molar refractivity (Wildman–Crippen MR) is 88.2 cm³/mol. The van der Waals surface area contributed by atoms with Gasteiger partial charge < -0.3 is 5.32 Å². The molecule has 2 heterocycles. The Hall–Kier alpha value is -1.56. The van der Waals surface area contributed by atoms with Gasteiger partial charge in [0.15, 0.2) is 5.82 Å². The van der Waals surface area contributed by atoms with Crippen molar-refractivity contribution in [2.24, 2.45) is 0 Å². The van der Waals surface area contributed by atoms with Crippen LogP contribution in [-0.2, 0) is 5.41 Å². The molecule has 0 aliphatic rings. The van der Waals surface area contributed by atoms with Crippen molar-refractivity contribution < 1.29 is 0 Å². The third-order valence-corrected chi connectivity index (χ3v) is 3.65. The number of hydrogen-bond acceptors (Lipinski definition) is 5. The fraction of sp³-hybridized carbons (Fsp3) is 0.467. The molecule has 0 aromatic carbocycles. The van der Waals surface area contributed by atoms with E-state index in [0.717, 1.165) is 29.0 Å². The van der Waals surface area contributed by atoms with Gasteiger partial charge in [0.25, 0.3) is 0 Å². The maximum atomic E-state index is 4.68. The lowest BCUT2D eigenvalue weighted by atomic mass is 9.92. The Kier molecular flexibility index (Phi) is 4.88. The van der Waals surface area contributed by atoms with Crippen LogP contribution in [0.2, 0.25) is 0 Å². The van der Waals surface area contributed by atoms with Gasteiger partial charge in [0.2, 0.25) is 0 Å². The second kappa shape index (κ2) is 6.47.